The third-order valence-electron chi connectivity index (χ3n) is 3.76. The Morgan fingerprint density at radius 1 is 1.47 bits per heavy atom. The molecule has 0 aliphatic heterocycles. The summed E-state index contributed by atoms with van der Waals surface area (Å²) in [5.41, 5.74) is 0.394. The van der Waals surface area contributed by atoms with Crippen molar-refractivity contribution in [3.05, 3.63) is 29.0 Å². The Labute approximate surface area is 118 Å². The van der Waals surface area contributed by atoms with Gasteiger partial charge in [0.15, 0.2) is 0 Å². The zero-order valence-electron chi connectivity index (χ0n) is 11.1. The highest BCUT2D eigenvalue weighted by Crippen LogP contribution is 2.30. The Morgan fingerprint density at radius 3 is 2.84 bits per heavy atom. The summed E-state index contributed by atoms with van der Waals surface area (Å²) < 4.78 is 4.96. The van der Waals surface area contributed by atoms with Gasteiger partial charge < -0.3 is 4.74 Å². The smallest absolute Gasteiger partial charge is 0.326 e. The molecular formula is C14H19ClN2O2. The fourth-order valence-electron chi connectivity index (χ4n) is 2.62. The summed E-state index contributed by atoms with van der Waals surface area (Å²) in [5.74, 6) is -0.169. The number of ether oxygens (including phenoxy) is 1. The second-order valence-electron chi connectivity index (χ2n) is 4.95. The van der Waals surface area contributed by atoms with Gasteiger partial charge in [0.2, 0.25) is 0 Å². The Kier molecular flexibility index (Phi) is 4.77. The molecule has 0 bridgehead atoms. The van der Waals surface area contributed by atoms with Crippen LogP contribution in [0.1, 0.15) is 37.7 Å². The number of rotatable bonds is 4. The predicted molar refractivity (Wildman–Crippen MR) is 73.9 cm³/mol. The van der Waals surface area contributed by atoms with Crippen molar-refractivity contribution >= 4 is 17.6 Å². The number of carbonyl (C=O) groups excluding carboxylic acids is 1. The van der Waals surface area contributed by atoms with Crippen molar-refractivity contribution < 1.29 is 9.53 Å². The molecule has 0 aromatic carbocycles. The largest absolute Gasteiger partial charge is 0.468 e. The number of methoxy groups -OCH3 is 1. The van der Waals surface area contributed by atoms with Crippen molar-refractivity contribution in [1.82, 2.24) is 10.3 Å². The third-order valence-corrected chi connectivity index (χ3v) is 4.10. The van der Waals surface area contributed by atoms with Crippen LogP contribution in [-0.4, -0.2) is 23.6 Å². The molecule has 1 aromatic heterocycles. The molecule has 1 saturated carbocycles. The molecule has 1 aromatic rings. The molecule has 1 aliphatic carbocycles. The second-order valence-corrected chi connectivity index (χ2v) is 5.36. The number of hydrogen-bond acceptors (Lipinski definition) is 4. The van der Waals surface area contributed by atoms with Gasteiger partial charge in [-0.1, -0.05) is 30.9 Å². The van der Waals surface area contributed by atoms with Crippen LogP contribution in [0.15, 0.2) is 18.5 Å². The van der Waals surface area contributed by atoms with Crippen LogP contribution in [0, 0.1) is 0 Å². The Bertz CT molecular complexity index is 445. The first kappa shape index (κ1) is 14.3. The summed E-state index contributed by atoms with van der Waals surface area (Å²) in [7, 11) is 1.44. The van der Waals surface area contributed by atoms with Crippen LogP contribution >= 0.6 is 11.6 Å². The van der Waals surface area contributed by atoms with E-state index in [-0.39, 0.29) is 5.97 Å². The number of esters is 1. The number of nitrogens with one attached hydrogen (secondary N) is 1. The van der Waals surface area contributed by atoms with Crippen molar-refractivity contribution in [1.29, 1.82) is 0 Å². The summed E-state index contributed by atoms with van der Waals surface area (Å²) in [4.78, 5) is 16.0. The maximum Gasteiger partial charge on any atom is 0.326 e. The van der Waals surface area contributed by atoms with Crippen molar-refractivity contribution in [3.8, 4) is 0 Å². The number of nitrogens with zero attached hydrogens (tertiary/aromatic N) is 1. The van der Waals surface area contributed by atoms with Gasteiger partial charge in [0, 0.05) is 18.9 Å². The molecule has 2 rings (SSSR count). The Hall–Kier alpha value is -1.13. The molecule has 0 atom stereocenters. The highest BCUT2D eigenvalue weighted by molar-refractivity contribution is 6.31. The van der Waals surface area contributed by atoms with Gasteiger partial charge in [0.05, 0.1) is 12.1 Å². The lowest BCUT2D eigenvalue weighted by Crippen LogP contribution is -2.53. The fourth-order valence-corrected chi connectivity index (χ4v) is 2.80. The van der Waals surface area contributed by atoms with Gasteiger partial charge in [-0.3, -0.25) is 15.1 Å². The number of aromatic nitrogens is 1. The molecule has 0 spiro atoms. The van der Waals surface area contributed by atoms with Crippen LogP contribution in [0.4, 0.5) is 0 Å². The summed E-state index contributed by atoms with van der Waals surface area (Å²) in [6.45, 7) is 0.552. The molecular weight excluding hydrogens is 264 g/mol. The van der Waals surface area contributed by atoms with Gasteiger partial charge in [-0.15, -0.1) is 0 Å². The minimum Gasteiger partial charge on any atom is -0.468 e. The molecule has 1 N–H and O–H groups in total. The summed E-state index contributed by atoms with van der Waals surface area (Å²) >= 11 is 6.08. The lowest BCUT2D eigenvalue weighted by atomic mass is 9.81. The summed E-state index contributed by atoms with van der Waals surface area (Å²) in [5, 5.41) is 3.97. The number of hydrogen-bond donors (Lipinski definition) is 1. The van der Waals surface area contributed by atoms with Gasteiger partial charge in [0.1, 0.15) is 5.54 Å². The van der Waals surface area contributed by atoms with E-state index in [2.05, 4.69) is 10.3 Å². The predicted octanol–water partition coefficient (Wildman–Crippen LogP) is 2.70. The number of halogens is 1. The molecule has 0 amide bonds. The molecule has 0 unspecified atom stereocenters. The lowest BCUT2D eigenvalue weighted by molar-refractivity contribution is -0.150. The normalized spacial score (nSPS) is 18.0. The van der Waals surface area contributed by atoms with Crippen molar-refractivity contribution in [2.45, 2.75) is 44.2 Å². The maximum absolute atomic E-state index is 12.1. The first-order chi connectivity index (χ1) is 9.18. The van der Waals surface area contributed by atoms with E-state index >= 15 is 0 Å². The van der Waals surface area contributed by atoms with Crippen molar-refractivity contribution in [3.63, 3.8) is 0 Å². The maximum atomic E-state index is 12.1. The molecule has 19 heavy (non-hydrogen) atoms. The topological polar surface area (TPSA) is 51.2 Å². The molecule has 4 nitrogen and oxygen atoms in total. The van der Waals surface area contributed by atoms with Crippen molar-refractivity contribution in [2.24, 2.45) is 0 Å². The van der Waals surface area contributed by atoms with E-state index in [0.29, 0.717) is 11.6 Å². The quantitative estimate of drug-likeness (QED) is 0.863. The monoisotopic (exact) mass is 282 g/mol. The van der Waals surface area contributed by atoms with E-state index < -0.39 is 5.54 Å². The molecule has 1 heterocycles. The summed E-state index contributed by atoms with van der Waals surface area (Å²) in [6, 6.07) is 1.86. The number of carbonyl (C=O) groups is 1. The minimum atomic E-state index is -0.556. The number of pyridine rings is 1. The molecule has 5 heteroatoms. The van der Waals surface area contributed by atoms with E-state index in [1.54, 1.807) is 12.4 Å². The third kappa shape index (κ3) is 3.25. The van der Waals surface area contributed by atoms with Gasteiger partial charge in [-0.2, -0.15) is 0 Å². The molecule has 1 aliphatic rings. The standard InChI is InChI=1S/C14H19ClN2O2/c1-19-13(18)14(6-3-2-4-7-14)17-9-11-5-8-16-10-12(11)15/h5,8,10,17H,2-4,6-7,9H2,1H3. The first-order valence-electron chi connectivity index (χ1n) is 6.60. The molecule has 0 saturated heterocycles. The van der Waals surface area contributed by atoms with Gasteiger partial charge in [0.25, 0.3) is 0 Å². The zero-order valence-corrected chi connectivity index (χ0v) is 11.9. The van der Waals surface area contributed by atoms with E-state index in [4.69, 9.17) is 16.3 Å². The van der Waals surface area contributed by atoms with Crippen molar-refractivity contribution in [2.75, 3.05) is 7.11 Å². The first-order valence-corrected chi connectivity index (χ1v) is 6.97. The van der Waals surface area contributed by atoms with E-state index in [0.717, 1.165) is 31.2 Å². The Morgan fingerprint density at radius 2 is 2.21 bits per heavy atom. The average molecular weight is 283 g/mol. The van der Waals surface area contributed by atoms with Gasteiger partial charge in [-0.25, -0.2) is 0 Å². The SMILES string of the molecule is COC(=O)C1(NCc2ccncc2Cl)CCCCC1. The average Bonchev–Trinajstić information content (AvgIpc) is 2.46. The van der Waals surface area contributed by atoms with Crippen LogP contribution in [0.5, 0.6) is 0 Å². The Balaban J connectivity index is 2.09. The zero-order chi connectivity index (χ0) is 13.7. The second kappa shape index (κ2) is 6.35. The van der Waals surface area contributed by atoms with Crippen LogP contribution in [0.25, 0.3) is 0 Å². The minimum absolute atomic E-state index is 0.169. The van der Waals surface area contributed by atoms with Crippen LogP contribution in [-0.2, 0) is 16.1 Å². The summed E-state index contributed by atoms with van der Waals surface area (Å²) in [6.07, 6.45) is 8.23. The van der Waals surface area contributed by atoms with Crippen LogP contribution in [0.3, 0.4) is 0 Å². The highest BCUT2D eigenvalue weighted by atomic mass is 35.5. The fraction of sp³-hybridized carbons (Fsp3) is 0.571. The lowest BCUT2D eigenvalue weighted by Gasteiger charge is -2.35. The van der Waals surface area contributed by atoms with Gasteiger partial charge >= 0.3 is 5.97 Å². The van der Waals surface area contributed by atoms with Crippen LogP contribution < -0.4 is 5.32 Å². The molecule has 0 radical (unpaired) electrons. The molecule has 1 fully saturated rings. The van der Waals surface area contributed by atoms with E-state index in [1.807, 2.05) is 6.07 Å². The van der Waals surface area contributed by atoms with Crippen LogP contribution in [0.2, 0.25) is 5.02 Å². The van der Waals surface area contributed by atoms with Gasteiger partial charge in [-0.05, 0) is 24.5 Å². The van der Waals surface area contributed by atoms with E-state index in [1.165, 1.54) is 13.5 Å². The van der Waals surface area contributed by atoms with E-state index in [9.17, 15) is 4.79 Å². The molecule has 104 valence electrons. The highest BCUT2D eigenvalue weighted by Gasteiger charge is 2.40.